The normalized spacial score (nSPS) is 12.0. The molecule has 0 bridgehead atoms. The van der Waals surface area contributed by atoms with E-state index in [1.165, 1.54) is 0 Å². The summed E-state index contributed by atoms with van der Waals surface area (Å²) in [5.74, 6) is 0. The van der Waals surface area contributed by atoms with E-state index in [1.54, 1.807) is 0 Å². The minimum absolute atomic E-state index is 0.0290. The van der Waals surface area contributed by atoms with E-state index >= 15 is 0 Å². The largest absolute Gasteiger partial charge is 0.457 e. The summed E-state index contributed by atoms with van der Waals surface area (Å²) in [6.07, 6.45) is 0. The molecule has 11 aromatic rings. The Bertz CT molecular complexity index is 4850. The highest BCUT2D eigenvalue weighted by molar-refractivity contribution is 6.79. The summed E-state index contributed by atoms with van der Waals surface area (Å²) < 4.78 is 6.39. The molecule has 0 N–H and O–H groups in total. The minimum Gasteiger partial charge on any atom is -0.457 e. The zero-order valence-electron chi connectivity index (χ0n) is 42.7. The van der Waals surface area contributed by atoms with Gasteiger partial charge in [-0.05, 0) is 92.7 Å². The summed E-state index contributed by atoms with van der Waals surface area (Å²) in [5.41, 5.74) is -5.69. The molecule has 60 radical (unpaired) electrons. The van der Waals surface area contributed by atoms with Crippen LogP contribution < -0.4 is 164 Å². The highest BCUT2D eigenvalue weighted by Crippen LogP contribution is 2.40. The molecule has 296 valence electrons. The van der Waals surface area contributed by atoms with E-state index in [4.69, 9.17) is 240 Å². The van der Waals surface area contributed by atoms with Gasteiger partial charge < -0.3 is 4.42 Å². The van der Waals surface area contributed by atoms with Crippen molar-refractivity contribution in [3.63, 3.8) is 0 Å². The van der Waals surface area contributed by atoms with Crippen LogP contribution in [0.2, 0.25) is 0 Å². The first-order chi connectivity index (χ1) is 37.8. The molecule has 0 spiro atoms. The van der Waals surface area contributed by atoms with E-state index in [9.17, 15) is 0 Å². The monoisotopic (exact) mass is 946 g/mol. The lowest BCUT2D eigenvalue weighted by Gasteiger charge is -2.33. The highest BCUT2D eigenvalue weighted by Gasteiger charge is 2.32. The molecule has 0 aliphatic carbocycles. The van der Waals surface area contributed by atoms with Gasteiger partial charge in [0.25, 0.3) is 0 Å². The molecule has 0 aliphatic heterocycles. The van der Waals surface area contributed by atoms with Gasteiger partial charge in [0.15, 0.2) is 0 Å². The molecular formula is C50B30O. The van der Waals surface area contributed by atoms with Gasteiger partial charge in [0.1, 0.15) is 247 Å². The first-order valence-electron chi connectivity index (χ1n) is 23.8. The van der Waals surface area contributed by atoms with Gasteiger partial charge in [0.05, 0.1) is 0 Å². The molecule has 0 amide bonds. The Morgan fingerprint density at radius 2 is 0.309 bits per heavy atom. The van der Waals surface area contributed by atoms with Gasteiger partial charge in [-0.15, -0.1) is 49.2 Å². The average molecular weight is 941 g/mol. The maximum Gasteiger partial charge on any atom is 0.128 e. The highest BCUT2D eigenvalue weighted by atomic mass is 16.3. The zero-order valence-corrected chi connectivity index (χ0v) is 42.7. The van der Waals surface area contributed by atoms with E-state index in [2.05, 4.69) is 0 Å². The second kappa shape index (κ2) is 19.4. The molecule has 31 heteroatoms. The van der Waals surface area contributed by atoms with Crippen LogP contribution in [0.5, 0.6) is 0 Å². The molecular weight excluding hydrogens is 941 g/mol. The van der Waals surface area contributed by atoms with Crippen molar-refractivity contribution in [1.82, 2.24) is 0 Å². The Labute approximate surface area is 509 Å². The summed E-state index contributed by atoms with van der Waals surface area (Å²) in [7, 11) is 206. The molecule has 0 saturated heterocycles. The van der Waals surface area contributed by atoms with Crippen LogP contribution >= 0.6 is 0 Å². The zero-order chi connectivity index (χ0) is 59.6. The van der Waals surface area contributed by atoms with E-state index in [1.807, 2.05) is 0 Å². The third-order valence-corrected chi connectivity index (χ3v) is 16.0. The van der Waals surface area contributed by atoms with Gasteiger partial charge in [-0.2, -0.15) is 0 Å². The fraction of sp³-hybridized carbons (Fsp3) is 0. The standard InChI is InChI=1S/C50B30O/c51-19-7-8-12(33(65)45(77)44(76)27(8)59)30(62)28(60)11(7)29(61)31(63)13(19)14-20(52)9(32(64)39(71)34(14)66)1-3-5(25(57)42(74)40(72)23(3)55)2(6-4(1)24(56)41(73)43(75)26(6)58)10-21(53)18-17-22(54)15-16(36(68)47(79)46(78)35(15)67)38(70)49(17)81-50(18)48(80)37(10)69. The number of hydrogen-bond donors (Lipinski definition) is 0. The maximum absolute atomic E-state index is 7.46. The summed E-state index contributed by atoms with van der Waals surface area (Å²) in [6.45, 7) is 0. The Morgan fingerprint density at radius 1 is 0.111 bits per heavy atom. The summed E-state index contributed by atoms with van der Waals surface area (Å²) in [4.78, 5) is 0. The number of rotatable bonds is 3. The fourth-order valence-electron chi connectivity index (χ4n) is 11.8. The third kappa shape index (κ3) is 7.30. The van der Waals surface area contributed by atoms with Gasteiger partial charge >= 0.3 is 0 Å². The van der Waals surface area contributed by atoms with Crippen LogP contribution in [-0.2, 0) is 0 Å². The molecule has 1 aromatic heterocycles. The second-order valence-electron chi connectivity index (χ2n) is 19.9. The fourth-order valence-corrected chi connectivity index (χ4v) is 11.8. The van der Waals surface area contributed by atoms with E-state index < -0.39 is 0 Å². The van der Waals surface area contributed by atoms with Crippen LogP contribution in [0.25, 0.3) is 109 Å². The first kappa shape index (κ1) is 58.0. The first-order valence-corrected chi connectivity index (χ1v) is 23.8. The van der Waals surface area contributed by atoms with Crippen LogP contribution in [0.3, 0.4) is 0 Å². The number of furan rings is 1. The van der Waals surface area contributed by atoms with Crippen LogP contribution in [-0.4, -0.2) is 235 Å². The summed E-state index contributed by atoms with van der Waals surface area (Å²) >= 11 is 0. The molecule has 11 rings (SSSR count). The Balaban J connectivity index is 1.38. The number of fused-ring (bicyclic) bond motifs is 9. The lowest BCUT2D eigenvalue weighted by Crippen LogP contribution is -2.52. The molecule has 10 aromatic carbocycles. The van der Waals surface area contributed by atoms with Crippen molar-refractivity contribution in [1.29, 1.82) is 0 Å². The van der Waals surface area contributed by atoms with Gasteiger partial charge in [-0.3, -0.25) is 0 Å². The lowest BCUT2D eigenvalue weighted by atomic mass is 9.55. The predicted octanol–water partition coefficient (Wildman–Crippen LogP) is -21.8. The van der Waals surface area contributed by atoms with Crippen molar-refractivity contribution in [3.05, 3.63) is 0 Å². The number of benzene rings is 10. The van der Waals surface area contributed by atoms with Gasteiger partial charge in [-0.1, -0.05) is 109 Å². The number of hydrogen-bond acceptors (Lipinski definition) is 1. The average Bonchev–Trinajstić information content (AvgIpc) is 3.95. The summed E-state index contributed by atoms with van der Waals surface area (Å²) in [6, 6.07) is 0. The van der Waals surface area contributed by atoms with E-state index in [0.29, 0.717) is 0 Å². The van der Waals surface area contributed by atoms with Crippen molar-refractivity contribution in [2.45, 2.75) is 0 Å². The summed E-state index contributed by atoms with van der Waals surface area (Å²) in [5, 5.41) is 0.511. The van der Waals surface area contributed by atoms with Crippen LogP contribution in [0.4, 0.5) is 0 Å². The maximum atomic E-state index is 7.46. The molecule has 0 aliphatic rings. The molecule has 0 fully saturated rings. The van der Waals surface area contributed by atoms with Gasteiger partial charge in [0, 0.05) is 10.8 Å². The minimum atomic E-state index is -0.297. The smallest absolute Gasteiger partial charge is 0.128 e. The van der Waals surface area contributed by atoms with Crippen molar-refractivity contribution in [2.75, 3.05) is 0 Å². The van der Waals surface area contributed by atoms with Crippen molar-refractivity contribution in [3.8, 4) is 33.4 Å². The predicted molar refractivity (Wildman–Crippen MR) is 379 cm³/mol. The SMILES string of the molecule is [B]c1c([B])c(-c2c([B])c([B])c3c([B])c([B])c4c([B])c([B])c([B])c([B])c4c3c2[B])c([B])c(-c2c3c([B])c([B])c([B])c([B])c3c(-c3c([B])c([B])c4oc5c([B])c6c([B])c([B])c([B])c([B])c6c([B])c5c4c3[B])c3c([B])c([B])c([B])c([B])c23)c1[B]. The molecule has 1 nitrogen and oxygen atoms in total. The second-order valence-corrected chi connectivity index (χ2v) is 19.9. The molecule has 0 atom stereocenters. The van der Waals surface area contributed by atoms with Crippen molar-refractivity contribution in [2.24, 2.45) is 0 Å². The molecule has 0 unspecified atom stereocenters. The topological polar surface area (TPSA) is 13.1 Å². The van der Waals surface area contributed by atoms with Crippen LogP contribution in [0.15, 0.2) is 4.42 Å². The molecule has 1 heterocycles. The van der Waals surface area contributed by atoms with Crippen LogP contribution in [0.1, 0.15) is 0 Å². The van der Waals surface area contributed by atoms with Gasteiger partial charge in [0.2, 0.25) is 0 Å². The Hall–Kier alpha value is -4.75. The quantitative estimate of drug-likeness (QED) is 0.0977. The van der Waals surface area contributed by atoms with Crippen LogP contribution in [0, 0.1) is 0 Å². The Morgan fingerprint density at radius 3 is 0.704 bits per heavy atom. The lowest BCUT2D eigenvalue weighted by molar-refractivity contribution is 0.675. The van der Waals surface area contributed by atoms with Crippen molar-refractivity contribution >= 4 is 475 Å². The Kier molecular flexibility index (Phi) is 13.9. The molecule has 81 heavy (non-hydrogen) atoms. The van der Waals surface area contributed by atoms with Gasteiger partial charge in [-0.25, -0.2) is 0 Å². The van der Waals surface area contributed by atoms with E-state index in [0.717, 1.165) is 0 Å². The third-order valence-electron chi connectivity index (χ3n) is 16.0. The van der Waals surface area contributed by atoms with Crippen molar-refractivity contribution < 1.29 is 4.42 Å². The molecule has 0 saturated carbocycles. The van der Waals surface area contributed by atoms with E-state index in [-0.39, 0.29) is 273 Å².